The number of hydrogen-bond donors (Lipinski definition) is 1. The van der Waals surface area contributed by atoms with Gasteiger partial charge >= 0.3 is 6.18 Å². The van der Waals surface area contributed by atoms with E-state index >= 15 is 0 Å². The molecule has 0 aliphatic rings. The topological polar surface area (TPSA) is 23.5 Å². The lowest BCUT2D eigenvalue weighted by atomic mass is 10.1. The van der Waals surface area contributed by atoms with Crippen molar-refractivity contribution >= 4 is 21.6 Å². The third-order valence-electron chi connectivity index (χ3n) is 2.55. The SMILES string of the molecule is CCN(CC(F)(F)F)c1ccc([C@@H](C)O)cc1Br. The lowest BCUT2D eigenvalue weighted by molar-refractivity contribution is -0.119. The number of nitrogens with zero attached hydrogens (tertiary/aromatic N) is 1. The average molecular weight is 326 g/mol. The van der Waals surface area contributed by atoms with Crippen LogP contribution in [0.25, 0.3) is 0 Å². The molecular formula is C12H15BrF3NO. The highest BCUT2D eigenvalue weighted by Crippen LogP contribution is 2.31. The molecule has 1 aromatic rings. The summed E-state index contributed by atoms with van der Waals surface area (Å²) >= 11 is 3.24. The third kappa shape index (κ3) is 4.17. The second-order valence-corrected chi connectivity index (χ2v) is 4.87. The number of benzene rings is 1. The van der Waals surface area contributed by atoms with E-state index in [0.717, 1.165) is 0 Å². The highest BCUT2D eigenvalue weighted by Gasteiger charge is 2.30. The molecule has 2 nitrogen and oxygen atoms in total. The van der Waals surface area contributed by atoms with Crippen LogP contribution in [0.5, 0.6) is 0 Å². The van der Waals surface area contributed by atoms with Gasteiger partial charge in [0, 0.05) is 11.0 Å². The van der Waals surface area contributed by atoms with Gasteiger partial charge in [0.2, 0.25) is 0 Å². The molecular weight excluding hydrogens is 311 g/mol. The molecule has 0 saturated heterocycles. The molecule has 102 valence electrons. The van der Waals surface area contributed by atoms with Gasteiger partial charge in [-0.1, -0.05) is 6.07 Å². The molecule has 0 aliphatic heterocycles. The average Bonchev–Trinajstić information content (AvgIpc) is 2.24. The van der Waals surface area contributed by atoms with E-state index in [4.69, 9.17) is 0 Å². The van der Waals surface area contributed by atoms with Gasteiger partial charge < -0.3 is 10.0 Å². The summed E-state index contributed by atoms with van der Waals surface area (Å²) in [5.74, 6) is 0. The van der Waals surface area contributed by atoms with E-state index in [9.17, 15) is 18.3 Å². The first-order chi connectivity index (χ1) is 8.24. The molecule has 1 atom stereocenters. The number of hydrogen-bond acceptors (Lipinski definition) is 2. The van der Waals surface area contributed by atoms with Crippen molar-refractivity contribution in [2.24, 2.45) is 0 Å². The predicted octanol–water partition coefficient (Wildman–Crippen LogP) is 3.89. The zero-order valence-electron chi connectivity index (χ0n) is 10.1. The third-order valence-corrected chi connectivity index (χ3v) is 3.18. The van der Waals surface area contributed by atoms with Crippen LogP contribution in [0.2, 0.25) is 0 Å². The Morgan fingerprint density at radius 2 is 2.00 bits per heavy atom. The maximum absolute atomic E-state index is 12.4. The molecule has 0 radical (unpaired) electrons. The van der Waals surface area contributed by atoms with Crippen LogP contribution in [0.4, 0.5) is 18.9 Å². The van der Waals surface area contributed by atoms with Crippen molar-refractivity contribution in [1.29, 1.82) is 0 Å². The van der Waals surface area contributed by atoms with Crippen LogP contribution < -0.4 is 4.90 Å². The summed E-state index contributed by atoms with van der Waals surface area (Å²) in [6, 6.07) is 4.85. The van der Waals surface area contributed by atoms with Crippen LogP contribution in [-0.2, 0) is 0 Å². The van der Waals surface area contributed by atoms with Gasteiger partial charge in [-0.3, -0.25) is 0 Å². The molecule has 0 fully saturated rings. The fraction of sp³-hybridized carbons (Fsp3) is 0.500. The molecule has 1 rings (SSSR count). The first kappa shape index (κ1) is 15.3. The monoisotopic (exact) mass is 325 g/mol. The minimum atomic E-state index is -4.24. The maximum atomic E-state index is 12.4. The fourth-order valence-corrected chi connectivity index (χ4v) is 2.27. The zero-order valence-corrected chi connectivity index (χ0v) is 11.7. The molecule has 0 spiro atoms. The molecule has 1 aromatic carbocycles. The summed E-state index contributed by atoms with van der Waals surface area (Å²) in [5.41, 5.74) is 1.13. The van der Waals surface area contributed by atoms with Crippen molar-refractivity contribution in [3.63, 3.8) is 0 Å². The van der Waals surface area contributed by atoms with Gasteiger partial charge in [0.1, 0.15) is 6.54 Å². The van der Waals surface area contributed by atoms with Gasteiger partial charge in [0.05, 0.1) is 11.8 Å². The zero-order chi connectivity index (χ0) is 13.9. The number of aliphatic hydroxyl groups excluding tert-OH is 1. The van der Waals surface area contributed by atoms with Gasteiger partial charge in [0.25, 0.3) is 0 Å². The quantitative estimate of drug-likeness (QED) is 0.907. The van der Waals surface area contributed by atoms with E-state index < -0.39 is 18.8 Å². The summed E-state index contributed by atoms with van der Waals surface area (Å²) in [7, 11) is 0. The smallest absolute Gasteiger partial charge is 0.389 e. The first-order valence-corrected chi connectivity index (χ1v) is 6.33. The molecule has 0 saturated carbocycles. The van der Waals surface area contributed by atoms with Crippen LogP contribution in [0.3, 0.4) is 0 Å². The van der Waals surface area contributed by atoms with Gasteiger partial charge in [-0.15, -0.1) is 0 Å². The van der Waals surface area contributed by atoms with Crippen molar-refractivity contribution in [1.82, 2.24) is 0 Å². The number of anilines is 1. The van der Waals surface area contributed by atoms with Crippen molar-refractivity contribution in [3.8, 4) is 0 Å². The van der Waals surface area contributed by atoms with Crippen molar-refractivity contribution in [3.05, 3.63) is 28.2 Å². The lowest BCUT2D eigenvalue weighted by Gasteiger charge is -2.26. The van der Waals surface area contributed by atoms with Gasteiger partial charge in [-0.25, -0.2) is 0 Å². The van der Waals surface area contributed by atoms with Crippen molar-refractivity contribution < 1.29 is 18.3 Å². The van der Waals surface area contributed by atoms with E-state index in [1.807, 2.05) is 0 Å². The van der Waals surface area contributed by atoms with Crippen molar-refractivity contribution in [2.45, 2.75) is 26.1 Å². The molecule has 1 N–H and O–H groups in total. The molecule has 0 aliphatic carbocycles. The van der Waals surface area contributed by atoms with Crippen LogP contribution in [0.1, 0.15) is 25.5 Å². The molecule has 18 heavy (non-hydrogen) atoms. The maximum Gasteiger partial charge on any atom is 0.405 e. The second kappa shape index (κ2) is 5.93. The normalized spacial score (nSPS) is 13.5. The minimum absolute atomic E-state index is 0.256. The van der Waals surface area contributed by atoms with Crippen LogP contribution >= 0.6 is 15.9 Å². The summed E-state index contributed by atoms with van der Waals surface area (Å²) in [6.45, 7) is 2.54. The first-order valence-electron chi connectivity index (χ1n) is 5.53. The lowest BCUT2D eigenvalue weighted by Crippen LogP contribution is -2.34. The van der Waals surface area contributed by atoms with E-state index in [0.29, 0.717) is 15.7 Å². The van der Waals surface area contributed by atoms with E-state index in [2.05, 4.69) is 15.9 Å². The number of halogens is 4. The largest absolute Gasteiger partial charge is 0.405 e. The van der Waals surface area contributed by atoms with Crippen LogP contribution in [-0.4, -0.2) is 24.4 Å². The number of alkyl halides is 3. The Morgan fingerprint density at radius 1 is 1.39 bits per heavy atom. The van der Waals surface area contributed by atoms with Crippen molar-refractivity contribution in [2.75, 3.05) is 18.0 Å². The highest BCUT2D eigenvalue weighted by molar-refractivity contribution is 9.10. The molecule has 0 aromatic heterocycles. The molecule has 0 unspecified atom stereocenters. The molecule has 0 amide bonds. The summed E-state index contributed by atoms with van der Waals surface area (Å²) in [4.78, 5) is 1.23. The Hall–Kier alpha value is -0.750. The molecule has 0 bridgehead atoms. The number of rotatable bonds is 4. The molecule has 0 heterocycles. The Bertz CT molecular complexity index is 407. The Kier molecular flexibility index (Phi) is 5.04. The highest BCUT2D eigenvalue weighted by atomic mass is 79.9. The Balaban J connectivity index is 3.00. The summed E-state index contributed by atoms with van der Waals surface area (Å²) < 4.78 is 37.8. The fourth-order valence-electron chi connectivity index (χ4n) is 1.62. The van der Waals surface area contributed by atoms with Gasteiger partial charge in [0.15, 0.2) is 0 Å². The summed E-state index contributed by atoms with van der Waals surface area (Å²) in [6.07, 6.45) is -4.88. The Labute approximate surface area is 113 Å². The Morgan fingerprint density at radius 3 is 2.39 bits per heavy atom. The van der Waals surface area contributed by atoms with E-state index in [-0.39, 0.29) is 6.54 Å². The second-order valence-electron chi connectivity index (χ2n) is 4.02. The predicted molar refractivity (Wildman–Crippen MR) is 68.7 cm³/mol. The van der Waals surface area contributed by atoms with Gasteiger partial charge in [-0.2, -0.15) is 13.2 Å². The minimum Gasteiger partial charge on any atom is -0.389 e. The van der Waals surface area contributed by atoms with E-state index in [1.54, 1.807) is 32.0 Å². The van der Waals surface area contributed by atoms with Gasteiger partial charge in [-0.05, 0) is 47.5 Å². The van der Waals surface area contributed by atoms with Crippen LogP contribution in [0, 0.1) is 0 Å². The molecule has 6 heteroatoms. The number of aliphatic hydroxyl groups is 1. The van der Waals surface area contributed by atoms with E-state index in [1.165, 1.54) is 4.90 Å². The van der Waals surface area contributed by atoms with Crippen LogP contribution in [0.15, 0.2) is 22.7 Å². The summed E-state index contributed by atoms with van der Waals surface area (Å²) in [5, 5.41) is 9.41. The standard InChI is InChI=1S/C12H15BrF3NO/c1-3-17(7-12(14,15)16)11-5-4-9(8(2)18)6-10(11)13/h4-6,8,18H,3,7H2,1-2H3/t8-/m1/s1.